The molecule has 1 N–H and O–H groups in total. The van der Waals surface area contributed by atoms with Crippen molar-refractivity contribution in [3.05, 3.63) is 33.2 Å². The smallest absolute Gasteiger partial charge is 0.251 e. The van der Waals surface area contributed by atoms with Gasteiger partial charge in [-0.25, -0.2) is 0 Å². The minimum Gasteiger partial charge on any atom is -0.325 e. The average Bonchev–Trinajstić information content (AvgIpc) is 2.08. The van der Waals surface area contributed by atoms with Gasteiger partial charge in [0, 0.05) is 11.3 Å². The van der Waals surface area contributed by atoms with Crippen LogP contribution in [0.25, 0.3) is 0 Å². The lowest BCUT2D eigenvalue weighted by atomic mass is 9.94. The van der Waals surface area contributed by atoms with Gasteiger partial charge in [-0.05, 0) is 30.4 Å². The fourth-order valence-electron chi connectivity index (χ4n) is 1.62. The van der Waals surface area contributed by atoms with Crippen molar-refractivity contribution in [1.82, 2.24) is 4.98 Å². The summed E-state index contributed by atoms with van der Waals surface area (Å²) in [5.41, 5.74) is 3.18. The molecule has 1 rings (SSSR count). The summed E-state index contributed by atoms with van der Waals surface area (Å²) in [7, 11) is 0. The summed E-state index contributed by atoms with van der Waals surface area (Å²) < 4.78 is 0. The number of hydrogen-bond donors (Lipinski definition) is 1. The van der Waals surface area contributed by atoms with Crippen LogP contribution in [-0.4, -0.2) is 4.98 Å². The van der Waals surface area contributed by atoms with E-state index in [1.807, 2.05) is 13.0 Å². The van der Waals surface area contributed by atoms with Crippen molar-refractivity contribution >= 4 is 0 Å². The quantitative estimate of drug-likeness (QED) is 0.769. The summed E-state index contributed by atoms with van der Waals surface area (Å²) in [5.74, 6) is 0.837. The molecule has 0 unspecified atom stereocenters. The molecular weight excluding hydrogens is 174 g/mol. The van der Waals surface area contributed by atoms with E-state index in [1.54, 1.807) is 0 Å². The van der Waals surface area contributed by atoms with E-state index in [9.17, 15) is 4.79 Å². The Hall–Kier alpha value is -1.05. The number of aromatic nitrogens is 1. The fraction of sp³-hybridized carbons (Fsp3) is 0.583. The molecule has 0 radical (unpaired) electrons. The number of pyridine rings is 1. The molecule has 2 nitrogen and oxygen atoms in total. The maximum absolute atomic E-state index is 11.5. The molecule has 0 atom stereocenters. The zero-order chi connectivity index (χ0) is 10.9. The molecule has 0 bridgehead atoms. The number of aryl methyl sites for hydroxylation is 1. The van der Waals surface area contributed by atoms with E-state index in [1.165, 1.54) is 5.56 Å². The first-order valence-corrected chi connectivity index (χ1v) is 5.17. The summed E-state index contributed by atoms with van der Waals surface area (Å²) >= 11 is 0. The lowest BCUT2D eigenvalue weighted by Crippen LogP contribution is -2.16. The van der Waals surface area contributed by atoms with Gasteiger partial charge in [-0.2, -0.15) is 0 Å². The first kappa shape index (κ1) is 11.0. The normalized spacial score (nSPS) is 11.4. The predicted molar refractivity (Wildman–Crippen MR) is 60.0 cm³/mol. The van der Waals surface area contributed by atoms with Crippen LogP contribution in [0.3, 0.4) is 0 Å². The van der Waals surface area contributed by atoms with Gasteiger partial charge in [-0.1, -0.05) is 27.7 Å². The molecule has 1 heterocycles. The van der Waals surface area contributed by atoms with Crippen molar-refractivity contribution < 1.29 is 0 Å². The molecule has 1 aromatic rings. The highest BCUT2D eigenvalue weighted by Crippen LogP contribution is 2.23. The van der Waals surface area contributed by atoms with Gasteiger partial charge in [0.15, 0.2) is 0 Å². The molecular formula is C12H19NO. The second-order valence-electron chi connectivity index (χ2n) is 4.46. The Morgan fingerprint density at radius 2 is 1.71 bits per heavy atom. The molecule has 0 saturated carbocycles. The van der Waals surface area contributed by atoms with Gasteiger partial charge in [0.1, 0.15) is 0 Å². The first-order chi connectivity index (χ1) is 6.43. The molecule has 0 aliphatic rings. The lowest BCUT2D eigenvalue weighted by Gasteiger charge is -2.15. The minimum atomic E-state index is 0.0399. The highest BCUT2D eigenvalue weighted by Gasteiger charge is 2.11. The van der Waals surface area contributed by atoms with Crippen LogP contribution in [0.1, 0.15) is 56.4 Å². The standard InChI is InChI=1S/C12H19NO/c1-7(2)10-6-9(5)12(14)13-11(10)8(3)4/h6-8H,1-5H3,(H,13,14). The second-order valence-corrected chi connectivity index (χ2v) is 4.46. The molecule has 14 heavy (non-hydrogen) atoms. The van der Waals surface area contributed by atoms with Gasteiger partial charge in [0.05, 0.1) is 0 Å². The molecule has 0 amide bonds. The zero-order valence-electron chi connectivity index (χ0n) is 9.64. The maximum atomic E-state index is 11.5. The SMILES string of the molecule is Cc1cc(C(C)C)c(C(C)C)[nH]c1=O. The Bertz CT molecular complexity index is 374. The number of H-pyrrole nitrogens is 1. The van der Waals surface area contributed by atoms with Crippen molar-refractivity contribution in [1.29, 1.82) is 0 Å². The van der Waals surface area contributed by atoms with Crippen LogP contribution in [0.4, 0.5) is 0 Å². The molecule has 0 spiro atoms. The van der Waals surface area contributed by atoms with Gasteiger partial charge in [-0.3, -0.25) is 4.79 Å². The van der Waals surface area contributed by atoms with Crippen molar-refractivity contribution in [2.24, 2.45) is 0 Å². The molecule has 1 aromatic heterocycles. The van der Waals surface area contributed by atoms with Crippen LogP contribution >= 0.6 is 0 Å². The minimum absolute atomic E-state index is 0.0399. The largest absolute Gasteiger partial charge is 0.325 e. The summed E-state index contributed by atoms with van der Waals surface area (Å²) in [4.78, 5) is 14.4. The van der Waals surface area contributed by atoms with Crippen LogP contribution in [-0.2, 0) is 0 Å². The third-order valence-corrected chi connectivity index (χ3v) is 2.49. The topological polar surface area (TPSA) is 32.9 Å². The van der Waals surface area contributed by atoms with E-state index in [0.717, 1.165) is 11.3 Å². The number of rotatable bonds is 2. The molecule has 0 fully saturated rings. The second kappa shape index (κ2) is 3.99. The van der Waals surface area contributed by atoms with Gasteiger partial charge >= 0.3 is 0 Å². The Labute approximate surface area is 85.4 Å². The van der Waals surface area contributed by atoms with Crippen molar-refractivity contribution in [3.8, 4) is 0 Å². The monoisotopic (exact) mass is 193 g/mol. The van der Waals surface area contributed by atoms with E-state index in [0.29, 0.717) is 11.8 Å². The number of hydrogen-bond acceptors (Lipinski definition) is 1. The summed E-state index contributed by atoms with van der Waals surface area (Å²) in [6.45, 7) is 10.4. The van der Waals surface area contributed by atoms with E-state index >= 15 is 0 Å². The lowest BCUT2D eigenvalue weighted by molar-refractivity contribution is 0.749. The Morgan fingerprint density at radius 1 is 1.14 bits per heavy atom. The maximum Gasteiger partial charge on any atom is 0.251 e. The molecule has 0 aromatic carbocycles. The predicted octanol–water partition coefficient (Wildman–Crippen LogP) is 2.93. The van der Waals surface area contributed by atoms with Crippen molar-refractivity contribution in [3.63, 3.8) is 0 Å². The van der Waals surface area contributed by atoms with E-state index in [4.69, 9.17) is 0 Å². The van der Waals surface area contributed by atoms with Crippen molar-refractivity contribution in [2.75, 3.05) is 0 Å². The summed E-state index contributed by atoms with van der Waals surface area (Å²) in [6, 6.07) is 2.01. The van der Waals surface area contributed by atoms with Crippen LogP contribution in [0.2, 0.25) is 0 Å². The third kappa shape index (κ3) is 2.06. The van der Waals surface area contributed by atoms with Gasteiger partial charge in [-0.15, -0.1) is 0 Å². The molecule has 0 aliphatic heterocycles. The molecule has 0 aliphatic carbocycles. The average molecular weight is 193 g/mol. The zero-order valence-corrected chi connectivity index (χ0v) is 9.64. The first-order valence-electron chi connectivity index (χ1n) is 5.17. The number of aromatic amines is 1. The Kier molecular flexibility index (Phi) is 3.14. The van der Waals surface area contributed by atoms with E-state index in [2.05, 4.69) is 32.7 Å². The van der Waals surface area contributed by atoms with Crippen LogP contribution < -0.4 is 5.56 Å². The molecule has 0 saturated heterocycles. The van der Waals surface area contributed by atoms with Crippen LogP contribution in [0, 0.1) is 6.92 Å². The summed E-state index contributed by atoms with van der Waals surface area (Å²) in [6.07, 6.45) is 0. The van der Waals surface area contributed by atoms with Crippen molar-refractivity contribution in [2.45, 2.75) is 46.5 Å². The van der Waals surface area contributed by atoms with Gasteiger partial charge < -0.3 is 4.98 Å². The fourth-order valence-corrected chi connectivity index (χ4v) is 1.62. The third-order valence-electron chi connectivity index (χ3n) is 2.49. The highest BCUT2D eigenvalue weighted by molar-refractivity contribution is 5.29. The van der Waals surface area contributed by atoms with E-state index in [-0.39, 0.29) is 5.56 Å². The van der Waals surface area contributed by atoms with Crippen LogP contribution in [0.15, 0.2) is 10.9 Å². The highest BCUT2D eigenvalue weighted by atomic mass is 16.1. The number of nitrogens with one attached hydrogen (secondary N) is 1. The Balaban J connectivity index is 3.39. The van der Waals surface area contributed by atoms with Gasteiger partial charge in [0.2, 0.25) is 0 Å². The summed E-state index contributed by atoms with van der Waals surface area (Å²) in [5, 5.41) is 0. The molecule has 78 valence electrons. The van der Waals surface area contributed by atoms with Gasteiger partial charge in [0.25, 0.3) is 5.56 Å². The van der Waals surface area contributed by atoms with Crippen LogP contribution in [0.5, 0.6) is 0 Å². The van der Waals surface area contributed by atoms with E-state index < -0.39 is 0 Å². The molecule has 2 heteroatoms. The Morgan fingerprint density at radius 3 is 2.14 bits per heavy atom.